The molecular weight excluding hydrogens is 216 g/mol. The van der Waals surface area contributed by atoms with Crippen molar-refractivity contribution in [2.75, 3.05) is 0 Å². The Morgan fingerprint density at radius 2 is 1.76 bits per heavy atom. The van der Waals surface area contributed by atoms with Gasteiger partial charge in [-0.3, -0.25) is 5.10 Å². The molecule has 0 aliphatic rings. The number of hydrogen-bond acceptors (Lipinski definition) is 5. The summed E-state index contributed by atoms with van der Waals surface area (Å²) in [7, 11) is 0. The van der Waals surface area contributed by atoms with Crippen molar-refractivity contribution >= 4 is 0 Å². The van der Waals surface area contributed by atoms with Gasteiger partial charge in [-0.25, -0.2) is 15.0 Å². The standard InChI is InChI=1S/C11H8N6/c1-2-4-8(5-3-1)10-12-7-13-11(15-10)9-6-14-17-16-9/h1-7H,(H,14,16,17). The first-order chi connectivity index (χ1) is 8.43. The van der Waals surface area contributed by atoms with Crippen LogP contribution in [0.5, 0.6) is 0 Å². The SMILES string of the molecule is c1ccc(-c2ncnc(-c3c[nH]nn3)n2)cc1. The highest BCUT2D eigenvalue weighted by atomic mass is 15.3. The molecule has 0 fully saturated rings. The van der Waals surface area contributed by atoms with Gasteiger partial charge < -0.3 is 0 Å². The Balaban J connectivity index is 2.06. The summed E-state index contributed by atoms with van der Waals surface area (Å²) in [5.74, 6) is 1.13. The molecule has 82 valence electrons. The van der Waals surface area contributed by atoms with Gasteiger partial charge in [-0.1, -0.05) is 35.5 Å². The van der Waals surface area contributed by atoms with Crippen molar-refractivity contribution in [1.29, 1.82) is 0 Å². The second-order valence-corrected chi connectivity index (χ2v) is 3.36. The topological polar surface area (TPSA) is 80.2 Å². The summed E-state index contributed by atoms with van der Waals surface area (Å²) in [6.07, 6.45) is 3.11. The fourth-order valence-electron chi connectivity index (χ4n) is 1.46. The van der Waals surface area contributed by atoms with E-state index in [2.05, 4.69) is 30.4 Å². The third-order valence-corrected chi connectivity index (χ3v) is 2.25. The van der Waals surface area contributed by atoms with E-state index in [1.54, 1.807) is 6.20 Å². The molecular formula is C11H8N6. The van der Waals surface area contributed by atoms with Crippen molar-refractivity contribution in [3.05, 3.63) is 42.9 Å². The number of H-pyrrole nitrogens is 1. The first-order valence-corrected chi connectivity index (χ1v) is 5.05. The first kappa shape index (κ1) is 9.59. The highest BCUT2D eigenvalue weighted by Crippen LogP contribution is 2.16. The van der Waals surface area contributed by atoms with Gasteiger partial charge >= 0.3 is 0 Å². The third kappa shape index (κ3) is 1.87. The average molecular weight is 224 g/mol. The summed E-state index contributed by atoms with van der Waals surface area (Å²) in [5.41, 5.74) is 1.55. The minimum atomic E-state index is 0.507. The Morgan fingerprint density at radius 1 is 0.941 bits per heavy atom. The van der Waals surface area contributed by atoms with Gasteiger partial charge in [0.1, 0.15) is 12.0 Å². The summed E-state index contributed by atoms with van der Waals surface area (Å²) in [4.78, 5) is 12.5. The van der Waals surface area contributed by atoms with E-state index in [0.29, 0.717) is 17.3 Å². The number of benzene rings is 1. The van der Waals surface area contributed by atoms with Crippen molar-refractivity contribution in [3.8, 4) is 22.9 Å². The van der Waals surface area contributed by atoms with Gasteiger partial charge in [-0.15, -0.1) is 5.10 Å². The minimum Gasteiger partial charge on any atom is -0.265 e. The molecule has 0 saturated carbocycles. The molecule has 1 N–H and O–H groups in total. The molecule has 2 heterocycles. The van der Waals surface area contributed by atoms with E-state index >= 15 is 0 Å². The largest absolute Gasteiger partial charge is 0.265 e. The molecule has 0 atom stereocenters. The zero-order chi connectivity index (χ0) is 11.5. The molecule has 0 saturated heterocycles. The van der Waals surface area contributed by atoms with Crippen LogP contribution < -0.4 is 0 Å². The Bertz CT molecular complexity index is 605. The van der Waals surface area contributed by atoms with Crippen LogP contribution in [-0.4, -0.2) is 30.4 Å². The predicted molar refractivity (Wildman–Crippen MR) is 60.6 cm³/mol. The van der Waals surface area contributed by atoms with E-state index < -0.39 is 0 Å². The maximum absolute atomic E-state index is 4.34. The fraction of sp³-hybridized carbons (Fsp3) is 0. The van der Waals surface area contributed by atoms with Gasteiger partial charge in [0.15, 0.2) is 11.6 Å². The maximum atomic E-state index is 4.34. The van der Waals surface area contributed by atoms with E-state index in [0.717, 1.165) is 5.56 Å². The lowest BCUT2D eigenvalue weighted by atomic mass is 10.2. The lowest BCUT2D eigenvalue weighted by Gasteiger charge is -2.00. The highest BCUT2D eigenvalue weighted by molar-refractivity contribution is 5.57. The Labute approximate surface area is 96.8 Å². The van der Waals surface area contributed by atoms with Gasteiger partial charge in [0.05, 0.1) is 6.20 Å². The smallest absolute Gasteiger partial charge is 0.185 e. The van der Waals surface area contributed by atoms with E-state index in [1.807, 2.05) is 30.3 Å². The lowest BCUT2D eigenvalue weighted by Crippen LogP contribution is -1.95. The second kappa shape index (κ2) is 4.09. The molecule has 3 aromatic rings. The van der Waals surface area contributed by atoms with Crippen molar-refractivity contribution in [2.24, 2.45) is 0 Å². The van der Waals surface area contributed by atoms with Crippen LogP contribution in [0.4, 0.5) is 0 Å². The van der Waals surface area contributed by atoms with Crippen LogP contribution in [0, 0.1) is 0 Å². The molecule has 1 aromatic carbocycles. The molecule has 0 aliphatic carbocycles. The normalized spacial score (nSPS) is 10.4. The lowest BCUT2D eigenvalue weighted by molar-refractivity contribution is 0.936. The Hall–Kier alpha value is -2.63. The predicted octanol–water partition coefficient (Wildman–Crippen LogP) is 1.32. The number of aromatic amines is 1. The Morgan fingerprint density at radius 3 is 2.53 bits per heavy atom. The van der Waals surface area contributed by atoms with Crippen molar-refractivity contribution in [2.45, 2.75) is 0 Å². The molecule has 0 unspecified atom stereocenters. The molecule has 0 spiro atoms. The first-order valence-electron chi connectivity index (χ1n) is 5.05. The molecule has 0 aliphatic heterocycles. The van der Waals surface area contributed by atoms with Crippen LogP contribution in [0.1, 0.15) is 0 Å². The molecule has 17 heavy (non-hydrogen) atoms. The summed E-state index contributed by atoms with van der Waals surface area (Å²) < 4.78 is 0. The molecule has 0 radical (unpaired) electrons. The Kier molecular flexibility index (Phi) is 2.31. The second-order valence-electron chi connectivity index (χ2n) is 3.36. The number of nitrogens with zero attached hydrogens (tertiary/aromatic N) is 5. The molecule has 0 amide bonds. The summed E-state index contributed by atoms with van der Waals surface area (Å²) in [6, 6.07) is 9.72. The van der Waals surface area contributed by atoms with Crippen LogP contribution in [0.3, 0.4) is 0 Å². The monoisotopic (exact) mass is 224 g/mol. The molecule has 6 heteroatoms. The van der Waals surface area contributed by atoms with Crippen LogP contribution in [0.25, 0.3) is 22.9 Å². The molecule has 6 nitrogen and oxygen atoms in total. The zero-order valence-corrected chi connectivity index (χ0v) is 8.78. The van der Waals surface area contributed by atoms with Crippen molar-refractivity contribution in [3.63, 3.8) is 0 Å². The van der Waals surface area contributed by atoms with Crippen LogP contribution in [0.2, 0.25) is 0 Å². The number of hydrogen-bond donors (Lipinski definition) is 1. The summed E-state index contributed by atoms with van der Waals surface area (Å²) >= 11 is 0. The highest BCUT2D eigenvalue weighted by Gasteiger charge is 2.07. The van der Waals surface area contributed by atoms with Gasteiger partial charge in [0.2, 0.25) is 0 Å². The van der Waals surface area contributed by atoms with E-state index in [4.69, 9.17) is 0 Å². The van der Waals surface area contributed by atoms with Crippen molar-refractivity contribution in [1.82, 2.24) is 30.4 Å². The van der Waals surface area contributed by atoms with E-state index in [9.17, 15) is 0 Å². The summed E-state index contributed by atoms with van der Waals surface area (Å²) in [6.45, 7) is 0. The molecule has 3 rings (SSSR count). The van der Waals surface area contributed by atoms with Gasteiger partial charge in [0.25, 0.3) is 0 Å². The number of rotatable bonds is 2. The van der Waals surface area contributed by atoms with Gasteiger partial charge in [0, 0.05) is 5.56 Å². The zero-order valence-electron chi connectivity index (χ0n) is 8.78. The van der Waals surface area contributed by atoms with E-state index in [1.165, 1.54) is 6.33 Å². The average Bonchev–Trinajstić information content (AvgIpc) is 2.94. The van der Waals surface area contributed by atoms with E-state index in [-0.39, 0.29) is 0 Å². The van der Waals surface area contributed by atoms with Gasteiger partial charge in [-0.05, 0) is 0 Å². The maximum Gasteiger partial charge on any atom is 0.185 e. The third-order valence-electron chi connectivity index (χ3n) is 2.25. The molecule has 2 aromatic heterocycles. The minimum absolute atomic E-state index is 0.507. The van der Waals surface area contributed by atoms with Crippen LogP contribution in [0.15, 0.2) is 42.9 Å². The van der Waals surface area contributed by atoms with Gasteiger partial charge in [-0.2, -0.15) is 0 Å². The number of aromatic nitrogens is 6. The van der Waals surface area contributed by atoms with Crippen LogP contribution in [-0.2, 0) is 0 Å². The van der Waals surface area contributed by atoms with Crippen molar-refractivity contribution < 1.29 is 0 Å². The quantitative estimate of drug-likeness (QED) is 0.710. The summed E-state index contributed by atoms with van der Waals surface area (Å²) in [5, 5.41) is 10.1. The molecule has 0 bridgehead atoms. The number of nitrogens with one attached hydrogen (secondary N) is 1. The fourth-order valence-corrected chi connectivity index (χ4v) is 1.46. The van der Waals surface area contributed by atoms with Crippen LogP contribution >= 0.6 is 0 Å².